The average Bonchev–Trinajstić information content (AvgIpc) is 2.74. The summed E-state index contributed by atoms with van der Waals surface area (Å²) in [5, 5.41) is 2.74. The highest BCUT2D eigenvalue weighted by molar-refractivity contribution is 7.92. The van der Waals surface area contributed by atoms with Crippen LogP contribution in [0.3, 0.4) is 0 Å². The fraction of sp³-hybridized carbons (Fsp3) is 0.174. The first-order valence-corrected chi connectivity index (χ1v) is 11.1. The molecule has 0 aromatic heterocycles. The van der Waals surface area contributed by atoms with E-state index in [1.165, 1.54) is 37.4 Å². The lowest BCUT2D eigenvalue weighted by atomic mass is 10.2. The van der Waals surface area contributed by atoms with Gasteiger partial charge in [0.2, 0.25) is 0 Å². The van der Waals surface area contributed by atoms with Crippen LogP contribution in [0.15, 0.2) is 65.6 Å². The van der Waals surface area contributed by atoms with E-state index in [1.807, 2.05) is 13.0 Å². The van der Waals surface area contributed by atoms with Crippen LogP contribution in [0.25, 0.3) is 0 Å². The second kappa shape index (κ2) is 9.69. The van der Waals surface area contributed by atoms with Crippen molar-refractivity contribution in [3.63, 3.8) is 0 Å². The van der Waals surface area contributed by atoms with Gasteiger partial charge in [-0.1, -0.05) is 6.07 Å². The number of carbonyl (C=O) groups is 1. The Kier molecular flexibility index (Phi) is 6.99. The van der Waals surface area contributed by atoms with E-state index in [2.05, 4.69) is 10.0 Å². The van der Waals surface area contributed by atoms with Crippen LogP contribution >= 0.6 is 0 Å². The van der Waals surface area contributed by atoms with E-state index in [0.717, 1.165) is 17.7 Å². The summed E-state index contributed by atoms with van der Waals surface area (Å²) in [6.45, 7) is 3.31. The maximum Gasteiger partial charge on any atom is 0.262 e. The molecular weight excluding hydrogens is 435 g/mol. The van der Waals surface area contributed by atoms with Gasteiger partial charge in [0.1, 0.15) is 17.3 Å². The Labute approximate surface area is 186 Å². The van der Waals surface area contributed by atoms with Crippen LogP contribution in [0.4, 0.5) is 15.8 Å². The van der Waals surface area contributed by atoms with Gasteiger partial charge < -0.3 is 14.8 Å². The van der Waals surface area contributed by atoms with Crippen molar-refractivity contribution in [2.75, 3.05) is 23.8 Å². The minimum Gasteiger partial charge on any atom is -0.495 e. The van der Waals surface area contributed by atoms with Crippen LogP contribution in [0, 0.1) is 19.7 Å². The molecule has 0 unspecified atom stereocenters. The Morgan fingerprint density at radius 3 is 2.31 bits per heavy atom. The standard InChI is InChI=1S/C23H23FN2O5S/c1-15-4-10-22(30-3)20(12-15)25-23(27)14-31-21-11-9-19(13-16(21)2)32(28,29)26-18-7-5-17(24)6-8-18/h4-13,26H,14H2,1-3H3,(H,25,27). The molecule has 0 radical (unpaired) electrons. The lowest BCUT2D eigenvalue weighted by molar-refractivity contribution is -0.118. The van der Waals surface area contributed by atoms with Gasteiger partial charge >= 0.3 is 0 Å². The van der Waals surface area contributed by atoms with Crippen molar-refractivity contribution < 1.29 is 27.1 Å². The molecule has 0 bridgehead atoms. The first-order chi connectivity index (χ1) is 15.2. The molecule has 0 spiro atoms. The summed E-state index contributed by atoms with van der Waals surface area (Å²) < 4.78 is 51.4. The Bertz CT molecular complexity index is 1230. The first-order valence-electron chi connectivity index (χ1n) is 9.64. The number of anilines is 2. The molecule has 9 heteroatoms. The number of ether oxygens (including phenoxy) is 2. The Balaban J connectivity index is 1.65. The third-order valence-electron chi connectivity index (χ3n) is 4.54. The molecule has 0 aliphatic heterocycles. The van der Waals surface area contributed by atoms with Crippen LogP contribution in [0.2, 0.25) is 0 Å². The van der Waals surface area contributed by atoms with Crippen molar-refractivity contribution in [3.05, 3.63) is 77.6 Å². The van der Waals surface area contributed by atoms with Crippen molar-refractivity contribution in [2.24, 2.45) is 0 Å². The molecule has 3 rings (SSSR count). The van der Waals surface area contributed by atoms with E-state index >= 15 is 0 Å². The van der Waals surface area contributed by atoms with Crippen molar-refractivity contribution in [2.45, 2.75) is 18.7 Å². The lowest BCUT2D eigenvalue weighted by Crippen LogP contribution is -2.21. The number of methoxy groups -OCH3 is 1. The third-order valence-corrected chi connectivity index (χ3v) is 5.92. The molecule has 0 saturated heterocycles. The number of amides is 1. The van der Waals surface area contributed by atoms with Crippen LogP contribution in [-0.4, -0.2) is 28.0 Å². The Morgan fingerprint density at radius 2 is 1.66 bits per heavy atom. The van der Waals surface area contributed by atoms with Gasteiger partial charge in [0.05, 0.1) is 17.7 Å². The van der Waals surface area contributed by atoms with Gasteiger partial charge in [0.25, 0.3) is 15.9 Å². The smallest absolute Gasteiger partial charge is 0.262 e. The Hall–Kier alpha value is -3.59. The van der Waals surface area contributed by atoms with Crippen LogP contribution in [0.1, 0.15) is 11.1 Å². The van der Waals surface area contributed by atoms with Crippen molar-refractivity contribution in [1.82, 2.24) is 0 Å². The molecule has 0 aliphatic rings. The maximum absolute atomic E-state index is 13.0. The molecule has 0 saturated carbocycles. The minimum absolute atomic E-state index is 0.0145. The predicted molar refractivity (Wildman–Crippen MR) is 120 cm³/mol. The number of nitrogens with one attached hydrogen (secondary N) is 2. The molecule has 3 aromatic carbocycles. The number of hydrogen-bond donors (Lipinski definition) is 2. The summed E-state index contributed by atoms with van der Waals surface area (Å²) in [5.74, 6) is 0.0542. The number of benzene rings is 3. The van der Waals surface area contributed by atoms with Crippen LogP contribution in [-0.2, 0) is 14.8 Å². The van der Waals surface area contributed by atoms with E-state index in [-0.39, 0.29) is 23.1 Å². The SMILES string of the molecule is COc1ccc(C)cc1NC(=O)COc1ccc(S(=O)(=O)Nc2ccc(F)cc2)cc1C. The summed E-state index contributed by atoms with van der Waals surface area (Å²) >= 11 is 0. The van der Waals surface area contributed by atoms with Gasteiger partial charge in [-0.05, 0) is 79.6 Å². The van der Waals surface area contributed by atoms with Gasteiger partial charge in [-0.15, -0.1) is 0 Å². The monoisotopic (exact) mass is 458 g/mol. The predicted octanol–water partition coefficient (Wildman–Crippen LogP) is 4.27. The van der Waals surface area contributed by atoms with Crippen LogP contribution < -0.4 is 19.5 Å². The molecule has 0 atom stereocenters. The zero-order chi connectivity index (χ0) is 23.3. The number of aryl methyl sites for hydroxylation is 2. The van der Waals surface area contributed by atoms with E-state index < -0.39 is 15.8 Å². The molecule has 0 aliphatic carbocycles. The fourth-order valence-corrected chi connectivity index (χ4v) is 4.08. The van der Waals surface area contributed by atoms with Gasteiger partial charge in [-0.2, -0.15) is 0 Å². The largest absolute Gasteiger partial charge is 0.495 e. The number of halogens is 1. The second-order valence-corrected chi connectivity index (χ2v) is 8.76. The summed E-state index contributed by atoms with van der Waals surface area (Å²) in [6, 6.07) is 14.7. The van der Waals surface area contributed by atoms with Gasteiger partial charge in [-0.3, -0.25) is 9.52 Å². The highest BCUT2D eigenvalue weighted by Gasteiger charge is 2.16. The molecule has 1 amide bonds. The van der Waals surface area contributed by atoms with Crippen molar-refractivity contribution >= 4 is 27.3 Å². The highest BCUT2D eigenvalue weighted by atomic mass is 32.2. The number of carbonyl (C=O) groups excluding carboxylic acids is 1. The summed E-state index contributed by atoms with van der Waals surface area (Å²) in [7, 11) is -2.36. The zero-order valence-electron chi connectivity index (χ0n) is 17.8. The molecule has 3 aromatic rings. The summed E-state index contributed by atoms with van der Waals surface area (Å²) in [6.07, 6.45) is 0. The summed E-state index contributed by atoms with van der Waals surface area (Å²) in [5.41, 5.74) is 2.27. The number of rotatable bonds is 8. The summed E-state index contributed by atoms with van der Waals surface area (Å²) in [4.78, 5) is 12.3. The second-order valence-electron chi connectivity index (χ2n) is 7.08. The molecule has 32 heavy (non-hydrogen) atoms. The zero-order valence-corrected chi connectivity index (χ0v) is 18.6. The Morgan fingerprint density at radius 1 is 0.969 bits per heavy atom. The average molecular weight is 459 g/mol. The molecule has 7 nitrogen and oxygen atoms in total. The molecule has 0 fully saturated rings. The van der Waals surface area contributed by atoms with E-state index in [1.54, 1.807) is 19.1 Å². The topological polar surface area (TPSA) is 93.7 Å². The van der Waals surface area contributed by atoms with Crippen molar-refractivity contribution in [3.8, 4) is 11.5 Å². The highest BCUT2D eigenvalue weighted by Crippen LogP contribution is 2.26. The third kappa shape index (κ3) is 5.76. The molecule has 0 heterocycles. The quantitative estimate of drug-likeness (QED) is 0.526. The molecular formula is C23H23FN2O5S. The first kappa shape index (κ1) is 23.1. The van der Waals surface area contributed by atoms with Gasteiger partial charge in [0.15, 0.2) is 6.61 Å². The molecule has 168 valence electrons. The van der Waals surface area contributed by atoms with E-state index in [9.17, 15) is 17.6 Å². The lowest BCUT2D eigenvalue weighted by Gasteiger charge is -2.13. The van der Waals surface area contributed by atoms with Crippen LogP contribution in [0.5, 0.6) is 11.5 Å². The maximum atomic E-state index is 13.0. The molecule has 2 N–H and O–H groups in total. The van der Waals surface area contributed by atoms with E-state index in [4.69, 9.17) is 9.47 Å². The van der Waals surface area contributed by atoms with Gasteiger partial charge in [-0.25, -0.2) is 12.8 Å². The normalized spacial score (nSPS) is 11.0. The number of sulfonamides is 1. The number of hydrogen-bond acceptors (Lipinski definition) is 5. The van der Waals surface area contributed by atoms with Crippen molar-refractivity contribution in [1.29, 1.82) is 0 Å². The minimum atomic E-state index is -3.87. The fourth-order valence-electron chi connectivity index (χ4n) is 2.93. The van der Waals surface area contributed by atoms with E-state index in [0.29, 0.717) is 22.7 Å². The van der Waals surface area contributed by atoms with Gasteiger partial charge in [0, 0.05) is 5.69 Å².